The molecule has 16 heavy (non-hydrogen) atoms. The Hall–Kier alpha value is -1.42. The Labute approximate surface area is 96.5 Å². The number of methoxy groups -OCH3 is 2. The molecule has 1 rings (SSSR count). The third-order valence-electron chi connectivity index (χ3n) is 2.13. The fraction of sp³-hybridized carbons (Fsp3) is 0.500. The molecule has 0 heterocycles. The molecule has 0 unspecified atom stereocenters. The van der Waals surface area contributed by atoms with Gasteiger partial charge in [0.15, 0.2) is 0 Å². The number of anilines is 1. The van der Waals surface area contributed by atoms with Gasteiger partial charge in [0.2, 0.25) is 0 Å². The molecular formula is C12H19NO3. The van der Waals surface area contributed by atoms with Crippen molar-refractivity contribution in [2.24, 2.45) is 0 Å². The monoisotopic (exact) mass is 225 g/mol. The summed E-state index contributed by atoms with van der Waals surface area (Å²) < 4.78 is 15.6. The van der Waals surface area contributed by atoms with Crippen molar-refractivity contribution >= 4 is 5.69 Å². The van der Waals surface area contributed by atoms with Gasteiger partial charge in [-0.05, 0) is 6.92 Å². The zero-order valence-electron chi connectivity index (χ0n) is 10.1. The lowest BCUT2D eigenvalue weighted by Gasteiger charge is -2.10. The number of rotatable bonds is 7. The first kappa shape index (κ1) is 12.6. The molecule has 0 spiro atoms. The Bertz CT molecular complexity index is 293. The lowest BCUT2D eigenvalue weighted by molar-refractivity contribution is 0.158. The lowest BCUT2D eigenvalue weighted by atomic mass is 10.2. The van der Waals surface area contributed by atoms with Gasteiger partial charge in [-0.15, -0.1) is 0 Å². The average Bonchev–Trinajstić information content (AvgIpc) is 2.34. The van der Waals surface area contributed by atoms with Crippen LogP contribution in [0, 0.1) is 0 Å². The van der Waals surface area contributed by atoms with Crippen molar-refractivity contribution in [3.05, 3.63) is 18.2 Å². The van der Waals surface area contributed by atoms with E-state index < -0.39 is 0 Å². The van der Waals surface area contributed by atoms with Crippen molar-refractivity contribution < 1.29 is 14.2 Å². The first-order valence-electron chi connectivity index (χ1n) is 5.34. The molecule has 0 amide bonds. The van der Waals surface area contributed by atoms with E-state index in [-0.39, 0.29) is 0 Å². The second-order valence-corrected chi connectivity index (χ2v) is 3.23. The third kappa shape index (κ3) is 3.98. The van der Waals surface area contributed by atoms with Crippen LogP contribution in [0.5, 0.6) is 11.5 Å². The van der Waals surface area contributed by atoms with Gasteiger partial charge in [0, 0.05) is 37.0 Å². The largest absolute Gasteiger partial charge is 0.497 e. The average molecular weight is 225 g/mol. The van der Waals surface area contributed by atoms with Crippen LogP contribution in [-0.4, -0.2) is 34.0 Å². The normalized spacial score (nSPS) is 9.94. The number of nitrogens with one attached hydrogen (secondary N) is 1. The van der Waals surface area contributed by atoms with Crippen LogP contribution in [0.4, 0.5) is 5.69 Å². The highest BCUT2D eigenvalue weighted by Crippen LogP contribution is 2.25. The Morgan fingerprint density at radius 1 is 1.06 bits per heavy atom. The molecule has 0 aliphatic heterocycles. The summed E-state index contributed by atoms with van der Waals surface area (Å²) in [6.07, 6.45) is 0. The maximum atomic E-state index is 5.24. The maximum Gasteiger partial charge on any atom is 0.124 e. The quantitative estimate of drug-likeness (QED) is 0.722. The highest BCUT2D eigenvalue weighted by atomic mass is 16.5. The zero-order valence-corrected chi connectivity index (χ0v) is 10.1. The van der Waals surface area contributed by atoms with Gasteiger partial charge < -0.3 is 19.5 Å². The summed E-state index contributed by atoms with van der Waals surface area (Å²) in [5.74, 6) is 1.55. The summed E-state index contributed by atoms with van der Waals surface area (Å²) in [5.41, 5.74) is 0.968. The van der Waals surface area contributed by atoms with Crippen molar-refractivity contribution in [3.8, 4) is 11.5 Å². The van der Waals surface area contributed by atoms with Crippen LogP contribution in [0.3, 0.4) is 0 Å². The van der Waals surface area contributed by atoms with Gasteiger partial charge in [0.05, 0.1) is 20.8 Å². The standard InChI is InChI=1S/C12H19NO3/c1-4-16-6-5-13-10-7-11(14-2)9-12(8-10)15-3/h7-9,13H,4-6H2,1-3H3. The Morgan fingerprint density at radius 2 is 1.69 bits per heavy atom. The van der Waals surface area contributed by atoms with E-state index in [0.717, 1.165) is 30.3 Å². The third-order valence-corrected chi connectivity index (χ3v) is 2.13. The van der Waals surface area contributed by atoms with Crippen molar-refractivity contribution in [1.29, 1.82) is 0 Å². The van der Waals surface area contributed by atoms with Gasteiger partial charge in [0.25, 0.3) is 0 Å². The van der Waals surface area contributed by atoms with Crippen LogP contribution in [0.2, 0.25) is 0 Å². The molecule has 0 aliphatic carbocycles. The van der Waals surface area contributed by atoms with Crippen molar-refractivity contribution in [2.45, 2.75) is 6.92 Å². The predicted molar refractivity (Wildman–Crippen MR) is 64.5 cm³/mol. The van der Waals surface area contributed by atoms with Crippen molar-refractivity contribution in [1.82, 2.24) is 0 Å². The van der Waals surface area contributed by atoms with Gasteiger partial charge in [-0.2, -0.15) is 0 Å². The molecule has 0 aliphatic rings. The number of ether oxygens (including phenoxy) is 3. The van der Waals surface area contributed by atoms with Gasteiger partial charge >= 0.3 is 0 Å². The summed E-state index contributed by atoms with van der Waals surface area (Å²) in [4.78, 5) is 0. The minimum atomic E-state index is 0.691. The summed E-state index contributed by atoms with van der Waals surface area (Å²) in [6, 6.07) is 5.69. The van der Waals surface area contributed by atoms with E-state index in [4.69, 9.17) is 14.2 Å². The molecule has 1 aromatic carbocycles. The minimum Gasteiger partial charge on any atom is -0.497 e. The van der Waals surface area contributed by atoms with E-state index >= 15 is 0 Å². The van der Waals surface area contributed by atoms with Crippen LogP contribution in [0.1, 0.15) is 6.92 Å². The fourth-order valence-electron chi connectivity index (χ4n) is 1.32. The molecule has 4 heteroatoms. The maximum absolute atomic E-state index is 5.24. The SMILES string of the molecule is CCOCCNc1cc(OC)cc(OC)c1. The Kier molecular flexibility index (Phi) is 5.50. The second kappa shape index (κ2) is 6.95. The van der Waals surface area contributed by atoms with E-state index in [1.165, 1.54) is 0 Å². The fourth-order valence-corrected chi connectivity index (χ4v) is 1.32. The zero-order chi connectivity index (χ0) is 11.8. The predicted octanol–water partition coefficient (Wildman–Crippen LogP) is 2.15. The van der Waals surface area contributed by atoms with E-state index in [9.17, 15) is 0 Å². The molecular weight excluding hydrogens is 206 g/mol. The van der Waals surface area contributed by atoms with Crippen molar-refractivity contribution in [2.75, 3.05) is 39.3 Å². The van der Waals surface area contributed by atoms with Crippen LogP contribution in [0.15, 0.2) is 18.2 Å². The molecule has 90 valence electrons. The van der Waals surface area contributed by atoms with Crippen LogP contribution in [0.25, 0.3) is 0 Å². The van der Waals surface area contributed by atoms with Crippen LogP contribution >= 0.6 is 0 Å². The van der Waals surface area contributed by atoms with Gasteiger partial charge in [-0.25, -0.2) is 0 Å². The number of benzene rings is 1. The van der Waals surface area contributed by atoms with E-state index in [2.05, 4.69) is 5.32 Å². The van der Waals surface area contributed by atoms with Crippen LogP contribution in [-0.2, 0) is 4.74 Å². The molecule has 0 fully saturated rings. The lowest BCUT2D eigenvalue weighted by Crippen LogP contribution is -2.09. The van der Waals surface area contributed by atoms with Gasteiger partial charge in [0.1, 0.15) is 11.5 Å². The highest BCUT2D eigenvalue weighted by molar-refractivity contribution is 5.53. The number of hydrogen-bond donors (Lipinski definition) is 1. The summed E-state index contributed by atoms with van der Waals surface area (Å²) in [6.45, 7) is 4.18. The summed E-state index contributed by atoms with van der Waals surface area (Å²) in [5, 5.41) is 3.24. The Balaban J connectivity index is 2.57. The van der Waals surface area contributed by atoms with E-state index in [1.807, 2.05) is 25.1 Å². The molecule has 1 N–H and O–H groups in total. The van der Waals surface area contributed by atoms with E-state index in [1.54, 1.807) is 14.2 Å². The molecule has 0 aromatic heterocycles. The van der Waals surface area contributed by atoms with Crippen molar-refractivity contribution in [3.63, 3.8) is 0 Å². The first-order chi connectivity index (χ1) is 7.80. The minimum absolute atomic E-state index is 0.691. The number of hydrogen-bond acceptors (Lipinski definition) is 4. The van der Waals surface area contributed by atoms with Crippen LogP contribution < -0.4 is 14.8 Å². The summed E-state index contributed by atoms with van der Waals surface area (Å²) >= 11 is 0. The van der Waals surface area contributed by atoms with Gasteiger partial charge in [-0.3, -0.25) is 0 Å². The molecule has 1 aromatic rings. The topological polar surface area (TPSA) is 39.7 Å². The second-order valence-electron chi connectivity index (χ2n) is 3.23. The molecule has 0 bridgehead atoms. The van der Waals surface area contributed by atoms with E-state index in [0.29, 0.717) is 6.61 Å². The highest BCUT2D eigenvalue weighted by Gasteiger charge is 2.00. The molecule has 4 nitrogen and oxygen atoms in total. The van der Waals surface area contributed by atoms with Gasteiger partial charge in [-0.1, -0.05) is 0 Å². The molecule has 0 radical (unpaired) electrons. The summed E-state index contributed by atoms with van der Waals surface area (Å²) in [7, 11) is 3.28. The molecule has 0 atom stereocenters. The Morgan fingerprint density at radius 3 is 2.19 bits per heavy atom. The molecule has 0 saturated carbocycles. The first-order valence-corrected chi connectivity index (χ1v) is 5.34. The smallest absolute Gasteiger partial charge is 0.124 e. The molecule has 0 saturated heterocycles.